The SMILES string of the molecule is COC1CN(C(=O)c2cc(I)ccc2Br)CCC1C. The van der Waals surface area contributed by atoms with E-state index in [1.165, 1.54) is 0 Å². The number of nitrogens with zero attached hydrogens (tertiary/aromatic N) is 1. The van der Waals surface area contributed by atoms with Crippen molar-refractivity contribution >= 4 is 44.4 Å². The van der Waals surface area contributed by atoms with Crippen LogP contribution in [-0.4, -0.2) is 37.1 Å². The second kappa shape index (κ2) is 6.54. The quantitative estimate of drug-likeness (QED) is 0.662. The predicted octanol–water partition coefficient (Wildman–Crippen LogP) is 3.55. The molecule has 0 radical (unpaired) electrons. The molecule has 1 amide bonds. The van der Waals surface area contributed by atoms with Gasteiger partial charge in [0, 0.05) is 28.2 Å². The Morgan fingerprint density at radius 3 is 2.95 bits per heavy atom. The van der Waals surface area contributed by atoms with E-state index in [0.29, 0.717) is 12.5 Å². The Balaban J connectivity index is 2.18. The number of carbonyl (C=O) groups excluding carboxylic acids is 1. The summed E-state index contributed by atoms with van der Waals surface area (Å²) in [6, 6.07) is 5.83. The fraction of sp³-hybridized carbons (Fsp3) is 0.500. The zero-order valence-corrected chi connectivity index (χ0v) is 14.8. The van der Waals surface area contributed by atoms with E-state index < -0.39 is 0 Å². The minimum Gasteiger partial charge on any atom is -0.379 e. The average Bonchev–Trinajstić information content (AvgIpc) is 2.41. The first-order valence-corrected chi connectivity index (χ1v) is 8.17. The first kappa shape index (κ1) is 15.3. The van der Waals surface area contributed by atoms with Gasteiger partial charge in [0.2, 0.25) is 0 Å². The number of likely N-dealkylation sites (tertiary alicyclic amines) is 1. The van der Waals surface area contributed by atoms with Gasteiger partial charge in [-0.05, 0) is 69.1 Å². The van der Waals surface area contributed by atoms with E-state index in [4.69, 9.17) is 4.74 Å². The van der Waals surface area contributed by atoms with Crippen LogP contribution in [0.15, 0.2) is 22.7 Å². The van der Waals surface area contributed by atoms with E-state index in [1.807, 2.05) is 23.1 Å². The summed E-state index contributed by atoms with van der Waals surface area (Å²) in [4.78, 5) is 14.5. The van der Waals surface area contributed by atoms with Gasteiger partial charge in [0.1, 0.15) is 0 Å². The number of methoxy groups -OCH3 is 1. The molecule has 2 atom stereocenters. The first-order chi connectivity index (χ1) is 9.02. The summed E-state index contributed by atoms with van der Waals surface area (Å²) in [5.41, 5.74) is 0.733. The Kier molecular flexibility index (Phi) is 5.25. The normalized spacial score (nSPS) is 23.5. The van der Waals surface area contributed by atoms with E-state index in [1.54, 1.807) is 7.11 Å². The number of carbonyl (C=O) groups is 1. The van der Waals surface area contributed by atoms with Gasteiger partial charge >= 0.3 is 0 Å². The zero-order chi connectivity index (χ0) is 14.0. The fourth-order valence-electron chi connectivity index (χ4n) is 2.36. The minimum absolute atomic E-state index is 0.0827. The van der Waals surface area contributed by atoms with Gasteiger partial charge in [-0.25, -0.2) is 0 Å². The second-order valence-electron chi connectivity index (χ2n) is 4.92. The summed E-state index contributed by atoms with van der Waals surface area (Å²) in [6.07, 6.45) is 1.13. The molecule has 1 heterocycles. The predicted molar refractivity (Wildman–Crippen MR) is 87.3 cm³/mol. The van der Waals surface area contributed by atoms with Crippen molar-refractivity contribution in [2.45, 2.75) is 19.4 Å². The summed E-state index contributed by atoms with van der Waals surface area (Å²) in [5, 5.41) is 0. The molecule has 0 aromatic heterocycles. The molecule has 3 nitrogen and oxygen atoms in total. The highest BCUT2D eigenvalue weighted by Crippen LogP contribution is 2.25. The summed E-state index contributed by atoms with van der Waals surface area (Å²) in [6.45, 7) is 3.66. The molecule has 0 aliphatic carbocycles. The molecular weight excluding hydrogens is 421 g/mol. The van der Waals surface area contributed by atoms with Crippen molar-refractivity contribution in [3.63, 3.8) is 0 Å². The van der Waals surface area contributed by atoms with Crippen LogP contribution in [0.4, 0.5) is 0 Å². The Hall–Kier alpha value is -0.140. The zero-order valence-electron chi connectivity index (χ0n) is 11.0. The van der Waals surface area contributed by atoms with Crippen molar-refractivity contribution < 1.29 is 9.53 Å². The number of hydrogen-bond donors (Lipinski definition) is 0. The molecule has 104 valence electrons. The van der Waals surface area contributed by atoms with Crippen LogP contribution in [0.1, 0.15) is 23.7 Å². The molecule has 0 saturated carbocycles. The van der Waals surface area contributed by atoms with Crippen LogP contribution in [0.3, 0.4) is 0 Å². The maximum Gasteiger partial charge on any atom is 0.255 e. The molecule has 2 rings (SSSR count). The number of benzene rings is 1. The molecule has 1 aliphatic rings. The largest absolute Gasteiger partial charge is 0.379 e. The highest BCUT2D eigenvalue weighted by molar-refractivity contribution is 14.1. The Morgan fingerprint density at radius 2 is 2.26 bits per heavy atom. The van der Waals surface area contributed by atoms with Crippen molar-refractivity contribution in [1.82, 2.24) is 4.90 Å². The summed E-state index contributed by atoms with van der Waals surface area (Å²) >= 11 is 5.68. The Morgan fingerprint density at radius 1 is 1.53 bits per heavy atom. The molecule has 0 N–H and O–H groups in total. The van der Waals surface area contributed by atoms with Crippen molar-refractivity contribution in [2.75, 3.05) is 20.2 Å². The molecule has 1 saturated heterocycles. The third kappa shape index (κ3) is 3.49. The maximum atomic E-state index is 12.6. The van der Waals surface area contributed by atoms with Gasteiger partial charge in [0.15, 0.2) is 0 Å². The van der Waals surface area contributed by atoms with Gasteiger partial charge in [0.05, 0.1) is 11.7 Å². The lowest BCUT2D eigenvalue weighted by Gasteiger charge is -2.36. The number of piperidine rings is 1. The van der Waals surface area contributed by atoms with Crippen LogP contribution in [0, 0.1) is 9.49 Å². The third-order valence-corrected chi connectivity index (χ3v) is 5.00. The highest BCUT2D eigenvalue weighted by atomic mass is 127. The molecule has 1 aromatic carbocycles. The van der Waals surface area contributed by atoms with E-state index in [-0.39, 0.29) is 12.0 Å². The lowest BCUT2D eigenvalue weighted by Crippen LogP contribution is -2.46. The van der Waals surface area contributed by atoms with Gasteiger partial charge in [-0.1, -0.05) is 6.92 Å². The number of ether oxygens (including phenoxy) is 1. The standard InChI is InChI=1S/C14H17BrINO2/c1-9-5-6-17(8-13(9)19-2)14(18)11-7-10(16)3-4-12(11)15/h3-4,7,9,13H,5-6,8H2,1-2H3. The van der Waals surface area contributed by atoms with Gasteiger partial charge < -0.3 is 9.64 Å². The molecule has 1 fully saturated rings. The molecule has 0 spiro atoms. The summed E-state index contributed by atoms with van der Waals surface area (Å²) in [7, 11) is 1.72. The number of hydrogen-bond acceptors (Lipinski definition) is 2. The van der Waals surface area contributed by atoms with Crippen LogP contribution in [0.2, 0.25) is 0 Å². The summed E-state index contributed by atoms with van der Waals surface area (Å²) in [5.74, 6) is 0.591. The monoisotopic (exact) mass is 437 g/mol. The Labute approximate surface area is 136 Å². The number of rotatable bonds is 2. The molecule has 1 aromatic rings. The molecular formula is C14H17BrINO2. The van der Waals surface area contributed by atoms with Gasteiger partial charge in [-0.15, -0.1) is 0 Å². The number of amides is 1. The molecule has 19 heavy (non-hydrogen) atoms. The van der Waals surface area contributed by atoms with Crippen LogP contribution in [0.5, 0.6) is 0 Å². The van der Waals surface area contributed by atoms with E-state index in [0.717, 1.165) is 26.6 Å². The van der Waals surface area contributed by atoms with Crippen LogP contribution in [0.25, 0.3) is 0 Å². The maximum absolute atomic E-state index is 12.6. The van der Waals surface area contributed by atoms with Gasteiger partial charge in [0.25, 0.3) is 5.91 Å². The second-order valence-corrected chi connectivity index (χ2v) is 7.02. The first-order valence-electron chi connectivity index (χ1n) is 6.30. The van der Waals surface area contributed by atoms with E-state index in [9.17, 15) is 4.79 Å². The smallest absolute Gasteiger partial charge is 0.255 e. The topological polar surface area (TPSA) is 29.5 Å². The average molecular weight is 438 g/mol. The highest BCUT2D eigenvalue weighted by Gasteiger charge is 2.29. The minimum atomic E-state index is 0.0827. The lowest BCUT2D eigenvalue weighted by atomic mass is 9.95. The summed E-state index contributed by atoms with van der Waals surface area (Å²) < 4.78 is 7.39. The van der Waals surface area contributed by atoms with Gasteiger partial charge in [-0.3, -0.25) is 4.79 Å². The van der Waals surface area contributed by atoms with Gasteiger partial charge in [-0.2, -0.15) is 0 Å². The Bertz CT molecular complexity index is 481. The molecule has 5 heteroatoms. The number of halogens is 2. The molecule has 2 unspecified atom stereocenters. The van der Waals surface area contributed by atoms with Crippen molar-refractivity contribution in [3.8, 4) is 0 Å². The van der Waals surface area contributed by atoms with Crippen molar-refractivity contribution in [1.29, 1.82) is 0 Å². The van der Waals surface area contributed by atoms with E-state index >= 15 is 0 Å². The van der Waals surface area contributed by atoms with Crippen LogP contribution < -0.4 is 0 Å². The molecule has 0 bridgehead atoms. The third-order valence-electron chi connectivity index (χ3n) is 3.64. The van der Waals surface area contributed by atoms with Crippen LogP contribution in [-0.2, 0) is 4.74 Å². The lowest BCUT2D eigenvalue weighted by molar-refractivity contribution is -0.00160. The van der Waals surface area contributed by atoms with Crippen molar-refractivity contribution in [2.24, 2.45) is 5.92 Å². The van der Waals surface area contributed by atoms with Crippen molar-refractivity contribution in [3.05, 3.63) is 31.8 Å². The van der Waals surface area contributed by atoms with Crippen LogP contribution >= 0.6 is 38.5 Å². The molecule has 1 aliphatic heterocycles. The fourth-order valence-corrected chi connectivity index (χ4v) is 3.26. The van der Waals surface area contributed by atoms with E-state index in [2.05, 4.69) is 45.4 Å².